The molecule has 0 amide bonds. The zero-order valence-electron chi connectivity index (χ0n) is 17.6. The summed E-state index contributed by atoms with van der Waals surface area (Å²) in [7, 11) is 0. The van der Waals surface area contributed by atoms with E-state index in [2.05, 4.69) is 26.8 Å². The molecule has 0 aromatic rings. The number of nitriles is 1. The van der Waals surface area contributed by atoms with Crippen LogP contribution in [0, 0.1) is 57.7 Å². The van der Waals surface area contributed by atoms with Crippen molar-refractivity contribution < 1.29 is 0 Å². The van der Waals surface area contributed by atoms with Crippen LogP contribution in [0.15, 0.2) is 0 Å². The fraction of sp³-hybridized carbons (Fsp3) is 0.960. The van der Waals surface area contributed by atoms with Gasteiger partial charge in [0.25, 0.3) is 0 Å². The van der Waals surface area contributed by atoms with Gasteiger partial charge in [-0.3, -0.25) is 0 Å². The van der Waals surface area contributed by atoms with E-state index in [0.717, 1.165) is 41.9 Å². The van der Waals surface area contributed by atoms with Gasteiger partial charge in [0, 0.05) is 0 Å². The van der Waals surface area contributed by atoms with Crippen molar-refractivity contribution in [3.63, 3.8) is 0 Å². The van der Waals surface area contributed by atoms with Crippen LogP contribution in [-0.4, -0.2) is 0 Å². The third kappa shape index (κ3) is 3.25. The number of hydrogen-bond donors (Lipinski definition) is 0. The molecule has 7 atom stereocenters. The second kappa shape index (κ2) is 7.14. The molecule has 0 N–H and O–H groups in total. The maximum Gasteiger partial charge on any atom is 0.0683 e. The second-order valence-electron chi connectivity index (χ2n) is 11.4. The van der Waals surface area contributed by atoms with Gasteiger partial charge < -0.3 is 0 Å². The molecule has 146 valence electrons. The van der Waals surface area contributed by atoms with Crippen molar-refractivity contribution >= 4 is 0 Å². The maximum absolute atomic E-state index is 9.30. The summed E-state index contributed by atoms with van der Waals surface area (Å²) in [5.41, 5.74) is 0.495. The third-order valence-corrected chi connectivity index (χ3v) is 9.73. The van der Waals surface area contributed by atoms with E-state index >= 15 is 0 Å². The topological polar surface area (TPSA) is 23.8 Å². The summed E-state index contributed by atoms with van der Waals surface area (Å²) in [5.74, 6) is 6.31. The fourth-order valence-corrected chi connectivity index (χ4v) is 8.26. The van der Waals surface area contributed by atoms with Crippen molar-refractivity contribution in [2.45, 2.75) is 104 Å². The quantitative estimate of drug-likeness (QED) is 0.516. The highest BCUT2D eigenvalue weighted by Gasteiger charge is 2.56. The molecule has 7 unspecified atom stereocenters. The third-order valence-electron chi connectivity index (χ3n) is 9.73. The molecule has 0 radical (unpaired) electrons. The van der Waals surface area contributed by atoms with E-state index in [1.165, 1.54) is 44.9 Å². The van der Waals surface area contributed by atoms with Gasteiger partial charge >= 0.3 is 0 Å². The minimum atomic E-state index is -0.129. The van der Waals surface area contributed by atoms with E-state index in [1.54, 1.807) is 32.1 Å². The van der Waals surface area contributed by atoms with E-state index in [-0.39, 0.29) is 5.41 Å². The molecule has 4 aliphatic rings. The second-order valence-corrected chi connectivity index (χ2v) is 11.4. The first-order valence-corrected chi connectivity index (χ1v) is 11.9. The molecule has 0 heterocycles. The molecule has 0 bridgehead atoms. The van der Waals surface area contributed by atoms with Crippen molar-refractivity contribution in [3.8, 4) is 6.07 Å². The van der Waals surface area contributed by atoms with E-state index in [9.17, 15) is 5.26 Å². The Balaban J connectivity index is 1.41. The number of rotatable bonds is 4. The van der Waals surface area contributed by atoms with Gasteiger partial charge in [0.15, 0.2) is 0 Å². The summed E-state index contributed by atoms with van der Waals surface area (Å²) in [6, 6.07) is 2.50. The molecular weight excluding hydrogens is 314 g/mol. The Hall–Kier alpha value is -0.510. The smallest absolute Gasteiger partial charge is 0.0683 e. The van der Waals surface area contributed by atoms with Crippen LogP contribution in [0.5, 0.6) is 0 Å². The molecule has 0 aliphatic heterocycles. The van der Waals surface area contributed by atoms with Crippen molar-refractivity contribution in [2.24, 2.45) is 46.3 Å². The lowest BCUT2D eigenvalue weighted by atomic mass is 9.49. The van der Waals surface area contributed by atoms with Gasteiger partial charge in [-0.15, -0.1) is 0 Å². The van der Waals surface area contributed by atoms with Crippen molar-refractivity contribution in [3.05, 3.63) is 0 Å². The van der Waals surface area contributed by atoms with Crippen LogP contribution in [0.1, 0.15) is 104 Å². The number of hydrogen-bond acceptors (Lipinski definition) is 1. The van der Waals surface area contributed by atoms with Crippen molar-refractivity contribution in [1.82, 2.24) is 0 Å². The first-order valence-electron chi connectivity index (χ1n) is 11.9. The van der Waals surface area contributed by atoms with Crippen LogP contribution < -0.4 is 0 Å². The number of fused-ring (bicyclic) bond motifs is 5. The normalized spacial score (nSPS) is 45.3. The summed E-state index contributed by atoms with van der Waals surface area (Å²) in [4.78, 5) is 0. The van der Waals surface area contributed by atoms with Gasteiger partial charge in [-0.2, -0.15) is 5.26 Å². The molecule has 0 aromatic heterocycles. The van der Waals surface area contributed by atoms with E-state index in [0.29, 0.717) is 5.41 Å². The van der Waals surface area contributed by atoms with Gasteiger partial charge in [-0.25, -0.2) is 0 Å². The molecule has 4 rings (SSSR count). The fourth-order valence-electron chi connectivity index (χ4n) is 8.26. The minimum Gasteiger partial charge on any atom is -0.198 e. The Morgan fingerprint density at radius 3 is 2.54 bits per heavy atom. The number of nitrogens with zero attached hydrogens (tertiary/aromatic N) is 1. The van der Waals surface area contributed by atoms with Crippen LogP contribution in [0.3, 0.4) is 0 Å². The molecule has 0 spiro atoms. The predicted octanol–water partition coefficient (Wildman–Crippen LogP) is 7.37. The molecule has 26 heavy (non-hydrogen) atoms. The molecule has 1 heteroatoms. The Morgan fingerprint density at radius 2 is 1.73 bits per heavy atom. The zero-order valence-corrected chi connectivity index (χ0v) is 17.6. The van der Waals surface area contributed by atoms with Gasteiger partial charge in [0.05, 0.1) is 11.5 Å². The summed E-state index contributed by atoms with van der Waals surface area (Å²) in [6.07, 6.45) is 19.0. The van der Waals surface area contributed by atoms with Gasteiger partial charge in [0.1, 0.15) is 0 Å². The lowest BCUT2D eigenvalue weighted by Crippen LogP contribution is -2.48. The van der Waals surface area contributed by atoms with Crippen LogP contribution >= 0.6 is 0 Å². The van der Waals surface area contributed by atoms with E-state index in [4.69, 9.17) is 0 Å². The zero-order chi connectivity index (χ0) is 18.4. The highest BCUT2D eigenvalue weighted by Crippen LogP contribution is 2.64. The summed E-state index contributed by atoms with van der Waals surface area (Å²) in [5, 5.41) is 9.30. The summed E-state index contributed by atoms with van der Waals surface area (Å²) < 4.78 is 0. The average molecular weight is 356 g/mol. The lowest BCUT2D eigenvalue weighted by molar-refractivity contribution is -0.0631. The van der Waals surface area contributed by atoms with E-state index < -0.39 is 0 Å². The van der Waals surface area contributed by atoms with Gasteiger partial charge in [0.2, 0.25) is 0 Å². The maximum atomic E-state index is 9.30. The Labute approximate surface area is 162 Å². The van der Waals surface area contributed by atoms with Crippen LogP contribution in [0.25, 0.3) is 0 Å². The van der Waals surface area contributed by atoms with Crippen LogP contribution in [0.2, 0.25) is 0 Å². The highest BCUT2D eigenvalue weighted by atomic mass is 14.6. The van der Waals surface area contributed by atoms with Crippen LogP contribution in [0.4, 0.5) is 0 Å². The molecular formula is C25H41N. The first kappa shape index (κ1) is 18.8. The monoisotopic (exact) mass is 355 g/mol. The Bertz CT molecular complexity index is 543. The molecule has 4 aliphatic carbocycles. The molecule has 4 saturated carbocycles. The lowest BCUT2D eigenvalue weighted by Gasteiger charge is -2.56. The molecule has 4 fully saturated rings. The average Bonchev–Trinajstić information content (AvgIpc) is 2.98. The standard InChI is InChI=1S/C25H41N/c1-24(2,17-26)15-6-8-19-11-13-23-22-12-10-18-7-4-5-9-20(18)21(22)14-16-25(19,23)3/h18-23H,4-16H2,1-3H3. The predicted molar refractivity (Wildman–Crippen MR) is 108 cm³/mol. The Kier molecular flexibility index (Phi) is 5.18. The summed E-state index contributed by atoms with van der Waals surface area (Å²) >= 11 is 0. The highest BCUT2D eigenvalue weighted by molar-refractivity contribution is 5.05. The molecule has 0 saturated heterocycles. The SMILES string of the molecule is CC(C)(C#N)CCCC1CCC2C3CCC4CCCCC4C3CCC12C. The van der Waals surface area contributed by atoms with Crippen molar-refractivity contribution in [1.29, 1.82) is 5.26 Å². The summed E-state index contributed by atoms with van der Waals surface area (Å²) in [6.45, 7) is 6.90. The Morgan fingerprint density at radius 1 is 0.923 bits per heavy atom. The molecule has 1 nitrogen and oxygen atoms in total. The van der Waals surface area contributed by atoms with Gasteiger partial charge in [-0.05, 0) is 113 Å². The van der Waals surface area contributed by atoms with Crippen molar-refractivity contribution in [2.75, 3.05) is 0 Å². The minimum absolute atomic E-state index is 0.129. The first-order chi connectivity index (χ1) is 12.4. The van der Waals surface area contributed by atoms with Crippen LogP contribution in [-0.2, 0) is 0 Å². The van der Waals surface area contributed by atoms with Gasteiger partial charge in [-0.1, -0.05) is 32.6 Å². The van der Waals surface area contributed by atoms with E-state index in [1.807, 2.05) is 0 Å². The molecule has 0 aromatic carbocycles. The largest absolute Gasteiger partial charge is 0.198 e.